The van der Waals surface area contributed by atoms with Crippen molar-refractivity contribution in [2.45, 2.75) is 18.7 Å². The molecule has 1 unspecified atom stereocenters. The van der Waals surface area contributed by atoms with E-state index < -0.39 is 6.04 Å². The second-order valence-electron chi connectivity index (χ2n) is 3.61. The number of hydrogen-bond donors (Lipinski definition) is 1. The molecule has 0 radical (unpaired) electrons. The molecule has 100 valence electrons. The highest BCUT2D eigenvalue weighted by molar-refractivity contribution is 9.10. The number of carbonyl (C=O) groups excluding carboxylic acids is 1. The number of hydrogen-bond acceptors (Lipinski definition) is 4. The molecule has 2 N–H and O–H groups in total. The lowest BCUT2D eigenvalue weighted by Gasteiger charge is -2.10. The predicted molar refractivity (Wildman–Crippen MR) is 79.9 cm³/mol. The molecule has 6 heteroatoms. The number of nitrogens with two attached hydrogens (primary N) is 1. The molecule has 1 rings (SSSR count). The van der Waals surface area contributed by atoms with Crippen LogP contribution in [0.25, 0.3) is 0 Å². The summed E-state index contributed by atoms with van der Waals surface area (Å²) in [7, 11) is 0. The molecule has 3 nitrogen and oxygen atoms in total. The van der Waals surface area contributed by atoms with Crippen molar-refractivity contribution < 1.29 is 9.53 Å². The molecule has 0 aliphatic carbocycles. The fourth-order valence-electron chi connectivity index (χ4n) is 1.25. The number of halogens is 2. The summed E-state index contributed by atoms with van der Waals surface area (Å²) in [5.41, 5.74) is 6.72. The molecule has 0 spiro atoms. The van der Waals surface area contributed by atoms with Crippen LogP contribution in [0.4, 0.5) is 0 Å². The van der Waals surface area contributed by atoms with Crippen LogP contribution in [0.1, 0.15) is 12.5 Å². The standard InChI is InChI=1S/C12H15BrClNO2S/c1-2-17-12(16)11(15)7-18-6-8-3-4-9(13)5-10(8)14/h3-5,11H,2,6-7,15H2,1H3. The van der Waals surface area contributed by atoms with Gasteiger partial charge in [-0.3, -0.25) is 4.79 Å². The van der Waals surface area contributed by atoms with E-state index >= 15 is 0 Å². The topological polar surface area (TPSA) is 52.3 Å². The normalized spacial score (nSPS) is 12.2. The molecule has 18 heavy (non-hydrogen) atoms. The van der Waals surface area contributed by atoms with Crippen molar-refractivity contribution in [3.05, 3.63) is 33.3 Å². The molecule has 0 saturated heterocycles. The van der Waals surface area contributed by atoms with Gasteiger partial charge in [-0.2, -0.15) is 11.8 Å². The number of rotatable bonds is 6. The molecule has 0 amide bonds. The minimum atomic E-state index is -0.579. The highest BCUT2D eigenvalue weighted by atomic mass is 79.9. The Morgan fingerprint density at radius 3 is 2.94 bits per heavy atom. The summed E-state index contributed by atoms with van der Waals surface area (Å²) in [6, 6.07) is 5.16. The summed E-state index contributed by atoms with van der Waals surface area (Å²) in [4.78, 5) is 11.3. The van der Waals surface area contributed by atoms with Crippen molar-refractivity contribution in [2.24, 2.45) is 5.73 Å². The Hall–Kier alpha value is -0.230. The van der Waals surface area contributed by atoms with Crippen molar-refractivity contribution in [3.8, 4) is 0 Å². The van der Waals surface area contributed by atoms with Gasteiger partial charge >= 0.3 is 5.97 Å². The van der Waals surface area contributed by atoms with Gasteiger partial charge in [0.1, 0.15) is 6.04 Å². The van der Waals surface area contributed by atoms with E-state index in [0.29, 0.717) is 17.4 Å². The summed E-state index contributed by atoms with van der Waals surface area (Å²) >= 11 is 11.0. The third kappa shape index (κ3) is 5.18. The fraction of sp³-hybridized carbons (Fsp3) is 0.417. The molecule has 0 bridgehead atoms. The summed E-state index contributed by atoms with van der Waals surface area (Å²) < 4.78 is 5.78. The number of benzene rings is 1. The van der Waals surface area contributed by atoms with Crippen LogP contribution in [0.3, 0.4) is 0 Å². The quantitative estimate of drug-likeness (QED) is 0.799. The third-order valence-corrected chi connectivity index (χ3v) is 4.11. The second-order valence-corrected chi connectivity index (χ2v) is 5.96. The van der Waals surface area contributed by atoms with Gasteiger partial charge in [-0.05, 0) is 24.6 Å². The predicted octanol–water partition coefficient (Wildman–Crippen LogP) is 3.23. The molecule has 0 fully saturated rings. The second kappa shape index (κ2) is 8.04. The number of thioether (sulfide) groups is 1. The van der Waals surface area contributed by atoms with Gasteiger partial charge in [0, 0.05) is 21.0 Å². The number of esters is 1. The van der Waals surface area contributed by atoms with Crippen LogP contribution < -0.4 is 5.73 Å². The zero-order valence-corrected chi connectivity index (χ0v) is 13.1. The van der Waals surface area contributed by atoms with Crippen LogP contribution in [-0.4, -0.2) is 24.4 Å². The van der Waals surface area contributed by atoms with Gasteiger partial charge in [0.25, 0.3) is 0 Å². The van der Waals surface area contributed by atoms with Gasteiger partial charge in [-0.25, -0.2) is 0 Å². The molecular formula is C12H15BrClNO2S. The van der Waals surface area contributed by atoms with E-state index in [1.165, 1.54) is 0 Å². The lowest BCUT2D eigenvalue weighted by molar-refractivity contribution is -0.144. The largest absolute Gasteiger partial charge is 0.465 e. The maximum absolute atomic E-state index is 11.3. The van der Waals surface area contributed by atoms with E-state index in [1.54, 1.807) is 18.7 Å². The Balaban J connectivity index is 2.39. The van der Waals surface area contributed by atoms with Gasteiger partial charge in [0.2, 0.25) is 0 Å². The number of carbonyl (C=O) groups is 1. The Morgan fingerprint density at radius 2 is 2.33 bits per heavy atom. The summed E-state index contributed by atoms with van der Waals surface area (Å²) in [6.45, 7) is 2.12. The van der Waals surface area contributed by atoms with Gasteiger partial charge in [0.15, 0.2) is 0 Å². The van der Waals surface area contributed by atoms with E-state index in [4.69, 9.17) is 22.1 Å². The monoisotopic (exact) mass is 351 g/mol. The van der Waals surface area contributed by atoms with Crippen LogP contribution in [-0.2, 0) is 15.3 Å². The van der Waals surface area contributed by atoms with Gasteiger partial charge in [-0.1, -0.05) is 33.6 Å². The minimum absolute atomic E-state index is 0.355. The van der Waals surface area contributed by atoms with Crippen LogP contribution in [0.5, 0.6) is 0 Å². The summed E-state index contributed by atoms with van der Waals surface area (Å²) in [5.74, 6) is 0.886. The Kier molecular flexibility index (Phi) is 7.07. The van der Waals surface area contributed by atoms with Crippen LogP contribution in [0.2, 0.25) is 5.02 Å². The Bertz CT molecular complexity index is 417. The summed E-state index contributed by atoms with van der Waals surface area (Å²) in [6.07, 6.45) is 0. The lowest BCUT2D eigenvalue weighted by Crippen LogP contribution is -2.34. The average molecular weight is 353 g/mol. The zero-order chi connectivity index (χ0) is 13.5. The molecule has 0 saturated carbocycles. The molecule has 0 heterocycles. The SMILES string of the molecule is CCOC(=O)C(N)CSCc1ccc(Br)cc1Cl. The van der Waals surface area contributed by atoms with Crippen molar-refractivity contribution in [2.75, 3.05) is 12.4 Å². The molecule has 1 aromatic rings. The van der Waals surface area contributed by atoms with Gasteiger partial charge in [0.05, 0.1) is 6.61 Å². The average Bonchev–Trinajstić information content (AvgIpc) is 2.32. The van der Waals surface area contributed by atoms with Gasteiger partial charge in [-0.15, -0.1) is 0 Å². The molecular weight excluding hydrogens is 338 g/mol. The molecule has 1 atom stereocenters. The van der Waals surface area contributed by atoms with Crippen LogP contribution in [0.15, 0.2) is 22.7 Å². The van der Waals surface area contributed by atoms with E-state index in [-0.39, 0.29) is 5.97 Å². The first-order chi connectivity index (χ1) is 8.54. The van der Waals surface area contributed by atoms with E-state index in [9.17, 15) is 4.79 Å². The van der Waals surface area contributed by atoms with Gasteiger partial charge < -0.3 is 10.5 Å². The first kappa shape index (κ1) is 15.8. The maximum atomic E-state index is 11.3. The third-order valence-electron chi connectivity index (χ3n) is 2.16. The smallest absolute Gasteiger partial charge is 0.323 e. The van der Waals surface area contributed by atoms with Crippen molar-refractivity contribution >= 4 is 45.3 Å². The fourth-order valence-corrected chi connectivity index (χ4v) is 3.05. The Morgan fingerprint density at radius 1 is 1.61 bits per heavy atom. The highest BCUT2D eigenvalue weighted by Crippen LogP contribution is 2.25. The summed E-state index contributed by atoms with van der Waals surface area (Å²) in [5, 5.41) is 0.710. The Labute approximate surface area is 125 Å². The molecule has 0 aliphatic rings. The van der Waals surface area contributed by atoms with Crippen molar-refractivity contribution in [1.82, 2.24) is 0 Å². The van der Waals surface area contributed by atoms with E-state index in [1.807, 2.05) is 18.2 Å². The molecule has 1 aromatic carbocycles. The van der Waals surface area contributed by atoms with Crippen molar-refractivity contribution in [3.63, 3.8) is 0 Å². The maximum Gasteiger partial charge on any atom is 0.323 e. The highest BCUT2D eigenvalue weighted by Gasteiger charge is 2.14. The number of ether oxygens (including phenoxy) is 1. The van der Waals surface area contributed by atoms with Crippen molar-refractivity contribution in [1.29, 1.82) is 0 Å². The first-order valence-corrected chi connectivity index (χ1v) is 7.81. The minimum Gasteiger partial charge on any atom is -0.465 e. The molecule has 0 aromatic heterocycles. The molecule has 0 aliphatic heterocycles. The van der Waals surface area contributed by atoms with Crippen LogP contribution in [0, 0.1) is 0 Å². The lowest BCUT2D eigenvalue weighted by atomic mass is 10.2. The zero-order valence-electron chi connectivity index (χ0n) is 9.99. The van der Waals surface area contributed by atoms with Crippen LogP contribution >= 0.6 is 39.3 Å². The first-order valence-electron chi connectivity index (χ1n) is 5.48. The van der Waals surface area contributed by atoms with E-state index in [0.717, 1.165) is 15.8 Å². The van der Waals surface area contributed by atoms with E-state index in [2.05, 4.69) is 15.9 Å².